The molecule has 0 amide bonds. The lowest BCUT2D eigenvalue weighted by molar-refractivity contribution is 0.733. The van der Waals surface area contributed by atoms with Crippen molar-refractivity contribution in [1.29, 1.82) is 0 Å². The third kappa shape index (κ3) is 2.21. The Kier molecular flexibility index (Phi) is 3.36. The average Bonchev–Trinajstić information content (AvgIpc) is 2.68. The first-order valence-corrected chi connectivity index (χ1v) is 9.32. The summed E-state index contributed by atoms with van der Waals surface area (Å²) in [4.78, 5) is -0.477. The van der Waals surface area contributed by atoms with Crippen molar-refractivity contribution in [1.82, 2.24) is 0 Å². The van der Waals surface area contributed by atoms with E-state index in [-0.39, 0.29) is 0 Å². The molecule has 1 unspecified atom stereocenters. The van der Waals surface area contributed by atoms with E-state index in [9.17, 15) is 0 Å². The summed E-state index contributed by atoms with van der Waals surface area (Å²) in [5, 5.41) is 2.70. The maximum atomic E-state index is 7.21. The first-order valence-electron chi connectivity index (χ1n) is 8.94. The third-order valence-corrected chi connectivity index (χ3v) is 6.17. The van der Waals surface area contributed by atoms with Gasteiger partial charge in [-0.15, -0.1) is 11.6 Å². The number of hydrogen-bond acceptors (Lipinski definition) is 0. The van der Waals surface area contributed by atoms with Crippen molar-refractivity contribution < 1.29 is 0 Å². The van der Waals surface area contributed by atoms with Crippen molar-refractivity contribution in [3.05, 3.63) is 94.6 Å². The van der Waals surface area contributed by atoms with Crippen molar-refractivity contribution in [3.63, 3.8) is 0 Å². The lowest BCUT2D eigenvalue weighted by Gasteiger charge is -2.32. The Morgan fingerprint density at radius 3 is 2.52 bits per heavy atom. The van der Waals surface area contributed by atoms with Crippen LogP contribution in [0.5, 0.6) is 0 Å². The van der Waals surface area contributed by atoms with Crippen molar-refractivity contribution in [2.24, 2.45) is 0 Å². The molecule has 25 heavy (non-hydrogen) atoms. The van der Waals surface area contributed by atoms with Crippen LogP contribution < -0.4 is 0 Å². The summed E-state index contributed by atoms with van der Waals surface area (Å²) < 4.78 is 0. The van der Waals surface area contributed by atoms with Gasteiger partial charge in [-0.3, -0.25) is 0 Å². The van der Waals surface area contributed by atoms with Crippen LogP contribution in [0, 0.1) is 0 Å². The van der Waals surface area contributed by atoms with Gasteiger partial charge in [0.2, 0.25) is 0 Å². The van der Waals surface area contributed by atoms with Gasteiger partial charge in [0.25, 0.3) is 0 Å². The molecule has 0 radical (unpaired) electrons. The third-order valence-electron chi connectivity index (χ3n) is 5.59. The van der Waals surface area contributed by atoms with Gasteiger partial charge in [-0.1, -0.05) is 78.9 Å². The van der Waals surface area contributed by atoms with Gasteiger partial charge >= 0.3 is 0 Å². The van der Waals surface area contributed by atoms with E-state index in [4.69, 9.17) is 11.6 Å². The molecule has 3 aromatic rings. The zero-order chi connectivity index (χ0) is 16.9. The second-order valence-electron chi connectivity index (χ2n) is 6.97. The van der Waals surface area contributed by atoms with E-state index < -0.39 is 4.87 Å². The maximum Gasteiger partial charge on any atom is 0.0984 e. The molecular formula is C24H19Cl. The number of allylic oxidation sites excluding steroid dienone is 2. The summed E-state index contributed by atoms with van der Waals surface area (Å²) in [6, 6.07) is 19.5. The number of aryl methyl sites for hydroxylation is 1. The molecule has 2 aliphatic rings. The highest BCUT2D eigenvalue weighted by molar-refractivity contribution is 6.27. The minimum atomic E-state index is -0.477. The fraction of sp³-hybridized carbons (Fsp3) is 0.167. The van der Waals surface area contributed by atoms with Crippen LogP contribution in [0.25, 0.3) is 22.9 Å². The summed E-state index contributed by atoms with van der Waals surface area (Å²) in [6.07, 6.45) is 12.1. The summed E-state index contributed by atoms with van der Waals surface area (Å²) in [6.45, 7) is 0. The van der Waals surface area contributed by atoms with Crippen LogP contribution in [0.1, 0.15) is 40.7 Å². The summed E-state index contributed by atoms with van der Waals surface area (Å²) in [5.41, 5.74) is 6.50. The zero-order valence-corrected chi connectivity index (χ0v) is 14.8. The quantitative estimate of drug-likeness (QED) is 0.432. The molecule has 0 aromatic heterocycles. The first kappa shape index (κ1) is 15.0. The average molecular weight is 343 g/mol. The molecule has 0 saturated carbocycles. The summed E-state index contributed by atoms with van der Waals surface area (Å²) in [7, 11) is 0. The molecule has 0 saturated heterocycles. The van der Waals surface area contributed by atoms with Gasteiger partial charge < -0.3 is 0 Å². The normalized spacial score (nSPS) is 21.2. The monoisotopic (exact) mass is 342 g/mol. The van der Waals surface area contributed by atoms with Gasteiger partial charge in [0.05, 0.1) is 4.87 Å². The Morgan fingerprint density at radius 1 is 0.800 bits per heavy atom. The van der Waals surface area contributed by atoms with E-state index in [0.29, 0.717) is 0 Å². The van der Waals surface area contributed by atoms with Crippen molar-refractivity contribution in [3.8, 4) is 0 Å². The summed E-state index contributed by atoms with van der Waals surface area (Å²) >= 11 is 7.21. The number of alkyl halides is 1. The minimum Gasteiger partial charge on any atom is -0.108 e. The molecule has 0 aliphatic heterocycles. The topological polar surface area (TPSA) is 0 Å². The molecule has 2 aliphatic carbocycles. The Bertz CT molecular complexity index is 1030. The largest absolute Gasteiger partial charge is 0.108 e. The van der Waals surface area contributed by atoms with Crippen LogP contribution in [0.4, 0.5) is 0 Å². The van der Waals surface area contributed by atoms with Gasteiger partial charge in [0.1, 0.15) is 0 Å². The van der Waals surface area contributed by atoms with Crippen molar-refractivity contribution in [2.45, 2.75) is 24.1 Å². The zero-order valence-electron chi connectivity index (χ0n) is 14.0. The SMILES string of the molecule is ClC1(c2ccccc2)CC=Cc2c1ccc1c3c(ccc21)C=CCC3. The van der Waals surface area contributed by atoms with Crippen molar-refractivity contribution >= 4 is 34.5 Å². The maximum absolute atomic E-state index is 7.21. The molecule has 0 fully saturated rings. The molecule has 0 nitrogen and oxygen atoms in total. The van der Waals surface area contributed by atoms with Crippen LogP contribution in [-0.2, 0) is 11.3 Å². The van der Waals surface area contributed by atoms with Gasteiger partial charge in [-0.05, 0) is 57.9 Å². The summed E-state index contributed by atoms with van der Waals surface area (Å²) in [5.74, 6) is 0. The predicted octanol–water partition coefficient (Wildman–Crippen LogP) is 6.70. The number of fused-ring (bicyclic) bond motifs is 5. The molecule has 0 bridgehead atoms. The molecule has 122 valence electrons. The number of benzene rings is 3. The van der Waals surface area contributed by atoms with E-state index in [1.807, 2.05) is 6.07 Å². The highest BCUT2D eigenvalue weighted by Crippen LogP contribution is 2.47. The van der Waals surface area contributed by atoms with Crippen LogP contribution in [-0.4, -0.2) is 0 Å². The van der Waals surface area contributed by atoms with E-state index in [2.05, 4.69) is 72.8 Å². The van der Waals surface area contributed by atoms with Gasteiger partial charge in [-0.2, -0.15) is 0 Å². The molecule has 1 atom stereocenters. The molecule has 0 spiro atoms. The van der Waals surface area contributed by atoms with Gasteiger partial charge in [0, 0.05) is 0 Å². The Labute approximate surface area is 153 Å². The second-order valence-corrected chi connectivity index (χ2v) is 7.62. The van der Waals surface area contributed by atoms with Crippen molar-refractivity contribution in [2.75, 3.05) is 0 Å². The van der Waals surface area contributed by atoms with Gasteiger partial charge in [0.15, 0.2) is 0 Å². The van der Waals surface area contributed by atoms with E-state index in [0.717, 1.165) is 19.3 Å². The molecule has 3 aromatic carbocycles. The van der Waals surface area contributed by atoms with E-state index in [1.165, 1.54) is 38.6 Å². The standard InChI is InChI=1S/C24H19Cl/c25-24(18-8-2-1-3-9-18)16-6-11-22-21-13-12-17-7-4-5-10-19(17)20(21)14-15-23(22)24/h1-4,6-9,11-15H,5,10,16H2. The molecule has 0 N–H and O–H groups in total. The van der Waals surface area contributed by atoms with Crippen LogP contribution in [0.3, 0.4) is 0 Å². The Morgan fingerprint density at radius 2 is 1.64 bits per heavy atom. The lowest BCUT2D eigenvalue weighted by atomic mass is 9.78. The smallest absolute Gasteiger partial charge is 0.0984 e. The molecule has 1 heteroatoms. The van der Waals surface area contributed by atoms with Gasteiger partial charge in [-0.25, -0.2) is 0 Å². The fourth-order valence-electron chi connectivity index (χ4n) is 4.33. The minimum absolute atomic E-state index is 0.477. The second kappa shape index (κ2) is 5.61. The van der Waals surface area contributed by atoms with Crippen LogP contribution >= 0.6 is 11.6 Å². The Balaban J connectivity index is 1.78. The van der Waals surface area contributed by atoms with E-state index in [1.54, 1.807) is 0 Å². The number of halogens is 1. The predicted molar refractivity (Wildman–Crippen MR) is 108 cm³/mol. The number of hydrogen-bond donors (Lipinski definition) is 0. The Hall–Kier alpha value is -2.31. The molecule has 0 heterocycles. The number of rotatable bonds is 1. The highest BCUT2D eigenvalue weighted by Gasteiger charge is 2.35. The first-order chi connectivity index (χ1) is 12.3. The lowest BCUT2D eigenvalue weighted by Crippen LogP contribution is -2.23. The fourth-order valence-corrected chi connectivity index (χ4v) is 4.71. The van der Waals surface area contributed by atoms with Crippen LogP contribution in [0.15, 0.2) is 66.7 Å². The molecule has 5 rings (SSSR count). The molecular weight excluding hydrogens is 324 g/mol. The van der Waals surface area contributed by atoms with E-state index >= 15 is 0 Å². The van der Waals surface area contributed by atoms with Crippen LogP contribution in [0.2, 0.25) is 0 Å². The highest BCUT2D eigenvalue weighted by atomic mass is 35.5.